The molecule has 0 bridgehead atoms. The maximum absolute atomic E-state index is 6.23. The first kappa shape index (κ1) is 15.6. The Morgan fingerprint density at radius 3 is 2.74 bits per heavy atom. The molecule has 0 spiro atoms. The average Bonchev–Trinajstić information content (AvgIpc) is 2.60. The van der Waals surface area contributed by atoms with Crippen LogP contribution in [0.25, 0.3) is 0 Å². The number of aromatic nitrogens is 2. The number of benzene rings is 1. The Kier molecular flexibility index (Phi) is 4.95. The Balaban J connectivity index is 1.79. The molecule has 1 aromatic carbocycles. The number of anilines is 3. The molecule has 0 unspecified atom stereocenters. The van der Waals surface area contributed by atoms with Crippen molar-refractivity contribution >= 4 is 17.2 Å². The number of hydrogen-bond acceptors (Lipinski definition) is 5. The van der Waals surface area contributed by atoms with Crippen LogP contribution in [0.4, 0.5) is 17.2 Å². The van der Waals surface area contributed by atoms with Gasteiger partial charge in [0.15, 0.2) is 5.82 Å². The summed E-state index contributed by atoms with van der Waals surface area (Å²) in [7, 11) is 0. The zero-order chi connectivity index (χ0) is 16.1. The van der Waals surface area contributed by atoms with E-state index in [1.165, 1.54) is 31.2 Å². The Hall–Kier alpha value is -2.30. The molecule has 0 saturated heterocycles. The van der Waals surface area contributed by atoms with Crippen molar-refractivity contribution in [1.29, 1.82) is 0 Å². The van der Waals surface area contributed by atoms with Gasteiger partial charge in [0, 0.05) is 5.69 Å². The number of nitrogens with two attached hydrogens (primary N) is 1. The minimum atomic E-state index is 0.219. The molecule has 0 radical (unpaired) electrons. The lowest BCUT2D eigenvalue weighted by Crippen LogP contribution is -2.21. The molecule has 0 aliphatic heterocycles. The number of nitrogen functional groups attached to an aromatic ring is 1. The zero-order valence-electron chi connectivity index (χ0n) is 13.6. The van der Waals surface area contributed by atoms with Crippen molar-refractivity contribution in [1.82, 2.24) is 9.97 Å². The van der Waals surface area contributed by atoms with Crippen LogP contribution in [0.2, 0.25) is 0 Å². The zero-order valence-corrected chi connectivity index (χ0v) is 13.6. The SMILES string of the molecule is CCc1ccccc1Nc1ncnc(OC2CCCCC2)c1N. The number of hydrogen-bond donors (Lipinski definition) is 2. The Labute approximate surface area is 137 Å². The second kappa shape index (κ2) is 7.31. The Morgan fingerprint density at radius 1 is 1.17 bits per heavy atom. The molecule has 1 aliphatic rings. The summed E-state index contributed by atoms with van der Waals surface area (Å²) in [5, 5.41) is 3.31. The van der Waals surface area contributed by atoms with E-state index in [9.17, 15) is 0 Å². The van der Waals surface area contributed by atoms with Crippen molar-refractivity contribution in [2.45, 2.75) is 51.6 Å². The predicted octanol–water partition coefficient (Wildman–Crippen LogP) is 4.08. The van der Waals surface area contributed by atoms with E-state index in [1.807, 2.05) is 18.2 Å². The molecule has 3 rings (SSSR count). The molecule has 5 heteroatoms. The van der Waals surface area contributed by atoms with E-state index in [4.69, 9.17) is 10.5 Å². The number of rotatable bonds is 5. The van der Waals surface area contributed by atoms with Crippen LogP contribution >= 0.6 is 0 Å². The molecule has 5 nitrogen and oxygen atoms in total. The number of para-hydroxylation sites is 1. The van der Waals surface area contributed by atoms with Crippen LogP contribution in [0.5, 0.6) is 5.88 Å². The molecular weight excluding hydrogens is 288 g/mol. The summed E-state index contributed by atoms with van der Waals surface area (Å²) in [4.78, 5) is 8.49. The van der Waals surface area contributed by atoms with Gasteiger partial charge in [0.1, 0.15) is 18.1 Å². The first-order chi connectivity index (χ1) is 11.3. The summed E-state index contributed by atoms with van der Waals surface area (Å²) in [6.07, 6.45) is 8.53. The van der Waals surface area contributed by atoms with Crippen LogP contribution in [0.3, 0.4) is 0 Å². The van der Waals surface area contributed by atoms with Gasteiger partial charge < -0.3 is 15.8 Å². The average molecular weight is 312 g/mol. The quantitative estimate of drug-likeness (QED) is 0.870. The van der Waals surface area contributed by atoms with Crippen LogP contribution < -0.4 is 15.8 Å². The van der Waals surface area contributed by atoms with Crippen molar-refractivity contribution in [2.75, 3.05) is 11.1 Å². The molecule has 1 heterocycles. The maximum Gasteiger partial charge on any atom is 0.242 e. The van der Waals surface area contributed by atoms with Gasteiger partial charge in [-0.3, -0.25) is 0 Å². The van der Waals surface area contributed by atoms with Crippen LogP contribution in [0, 0.1) is 0 Å². The topological polar surface area (TPSA) is 73.1 Å². The van der Waals surface area contributed by atoms with Crippen molar-refractivity contribution in [2.24, 2.45) is 0 Å². The normalized spacial score (nSPS) is 15.3. The summed E-state index contributed by atoms with van der Waals surface area (Å²) in [6.45, 7) is 2.13. The van der Waals surface area contributed by atoms with Crippen LogP contribution in [0.1, 0.15) is 44.6 Å². The molecule has 1 aliphatic carbocycles. The van der Waals surface area contributed by atoms with Crippen molar-refractivity contribution in [3.05, 3.63) is 36.2 Å². The van der Waals surface area contributed by atoms with Gasteiger partial charge in [-0.05, 0) is 43.7 Å². The number of nitrogens with zero attached hydrogens (tertiary/aromatic N) is 2. The molecule has 2 aromatic rings. The van der Waals surface area contributed by atoms with Crippen LogP contribution in [0.15, 0.2) is 30.6 Å². The fourth-order valence-electron chi connectivity index (χ4n) is 2.99. The van der Waals surface area contributed by atoms with E-state index in [0.29, 0.717) is 17.4 Å². The third-order valence-corrected chi connectivity index (χ3v) is 4.33. The highest BCUT2D eigenvalue weighted by Gasteiger charge is 2.18. The molecule has 1 saturated carbocycles. The summed E-state index contributed by atoms with van der Waals surface area (Å²) in [5.74, 6) is 1.09. The monoisotopic (exact) mass is 312 g/mol. The molecule has 122 valence electrons. The largest absolute Gasteiger partial charge is 0.473 e. The van der Waals surface area contributed by atoms with Crippen LogP contribution in [-0.2, 0) is 6.42 Å². The predicted molar refractivity (Wildman–Crippen MR) is 93.0 cm³/mol. The highest BCUT2D eigenvalue weighted by atomic mass is 16.5. The molecule has 1 fully saturated rings. The molecule has 3 N–H and O–H groups in total. The van der Waals surface area contributed by atoms with E-state index in [1.54, 1.807) is 0 Å². The first-order valence-corrected chi connectivity index (χ1v) is 8.40. The first-order valence-electron chi connectivity index (χ1n) is 8.40. The fraction of sp³-hybridized carbons (Fsp3) is 0.444. The van der Waals surface area contributed by atoms with Crippen molar-refractivity contribution in [3.8, 4) is 5.88 Å². The molecule has 0 atom stereocenters. The Morgan fingerprint density at radius 2 is 1.96 bits per heavy atom. The van der Waals surface area contributed by atoms with Gasteiger partial charge in [0.05, 0.1) is 0 Å². The Bertz CT molecular complexity index is 653. The van der Waals surface area contributed by atoms with Gasteiger partial charge in [-0.25, -0.2) is 4.98 Å². The fourth-order valence-corrected chi connectivity index (χ4v) is 2.99. The highest BCUT2D eigenvalue weighted by Crippen LogP contribution is 2.31. The van der Waals surface area contributed by atoms with E-state index >= 15 is 0 Å². The van der Waals surface area contributed by atoms with E-state index in [-0.39, 0.29) is 6.10 Å². The van der Waals surface area contributed by atoms with E-state index in [0.717, 1.165) is 24.9 Å². The number of ether oxygens (including phenoxy) is 1. The third-order valence-electron chi connectivity index (χ3n) is 4.33. The number of aryl methyl sites for hydroxylation is 1. The molecule has 23 heavy (non-hydrogen) atoms. The second-order valence-corrected chi connectivity index (χ2v) is 5.95. The standard InChI is InChI=1S/C18H24N4O/c1-2-13-8-6-7-11-15(13)22-17-16(19)18(21-12-20-17)23-14-9-4-3-5-10-14/h6-8,11-12,14H,2-5,9-10,19H2,1H3,(H,20,21,22). The van der Waals surface area contributed by atoms with Gasteiger partial charge in [0.2, 0.25) is 5.88 Å². The van der Waals surface area contributed by atoms with E-state index < -0.39 is 0 Å². The summed E-state index contributed by atoms with van der Waals surface area (Å²) >= 11 is 0. The molecular formula is C18H24N4O. The van der Waals surface area contributed by atoms with Gasteiger partial charge in [0.25, 0.3) is 0 Å². The molecule has 1 aromatic heterocycles. The van der Waals surface area contributed by atoms with Crippen molar-refractivity contribution in [3.63, 3.8) is 0 Å². The van der Waals surface area contributed by atoms with E-state index in [2.05, 4.69) is 28.3 Å². The lowest BCUT2D eigenvalue weighted by Gasteiger charge is -2.23. The lowest BCUT2D eigenvalue weighted by molar-refractivity contribution is 0.149. The molecule has 0 amide bonds. The van der Waals surface area contributed by atoms with Gasteiger partial charge >= 0.3 is 0 Å². The summed E-state index contributed by atoms with van der Waals surface area (Å²) in [5.41, 5.74) is 8.94. The second-order valence-electron chi connectivity index (χ2n) is 5.95. The maximum atomic E-state index is 6.23. The van der Waals surface area contributed by atoms with Crippen molar-refractivity contribution < 1.29 is 4.74 Å². The van der Waals surface area contributed by atoms with Gasteiger partial charge in [-0.15, -0.1) is 0 Å². The van der Waals surface area contributed by atoms with Crippen LogP contribution in [-0.4, -0.2) is 16.1 Å². The summed E-state index contributed by atoms with van der Waals surface area (Å²) < 4.78 is 6.00. The summed E-state index contributed by atoms with van der Waals surface area (Å²) in [6, 6.07) is 8.16. The minimum Gasteiger partial charge on any atom is -0.473 e. The highest BCUT2D eigenvalue weighted by molar-refractivity contribution is 5.73. The lowest BCUT2D eigenvalue weighted by atomic mass is 9.98. The van der Waals surface area contributed by atoms with Gasteiger partial charge in [-0.1, -0.05) is 31.5 Å². The number of nitrogens with one attached hydrogen (secondary N) is 1. The smallest absolute Gasteiger partial charge is 0.242 e. The van der Waals surface area contributed by atoms with Gasteiger partial charge in [-0.2, -0.15) is 4.98 Å². The minimum absolute atomic E-state index is 0.219. The third kappa shape index (κ3) is 3.73.